The highest BCUT2D eigenvalue weighted by atomic mass is 16.4. The van der Waals surface area contributed by atoms with Crippen molar-refractivity contribution in [3.05, 3.63) is 65.5 Å². The number of hydrogen-bond acceptors (Lipinski definition) is 5. The molecular formula is C25H28N4O3. The number of carboxylic acid groups (broad SMARTS) is 1. The number of benzene rings is 1. The molecule has 1 aliphatic rings. The number of aromatic carboxylic acids is 1. The average Bonchev–Trinajstić information content (AvgIpc) is 3.22. The van der Waals surface area contributed by atoms with Gasteiger partial charge in [-0.3, -0.25) is 9.78 Å². The Kier molecular flexibility index (Phi) is 6.73. The van der Waals surface area contributed by atoms with Gasteiger partial charge in [-0.15, -0.1) is 5.10 Å². The van der Waals surface area contributed by atoms with Gasteiger partial charge >= 0.3 is 5.97 Å². The Hall–Kier alpha value is -3.35. The molecule has 0 unspecified atom stereocenters. The second-order valence-corrected chi connectivity index (χ2v) is 8.38. The summed E-state index contributed by atoms with van der Waals surface area (Å²) in [5, 5.41) is 14.0. The molecule has 0 spiro atoms. The normalized spacial score (nSPS) is 14.4. The van der Waals surface area contributed by atoms with Crippen LogP contribution in [0.1, 0.15) is 77.8 Å². The number of aromatic nitrogens is 4. The van der Waals surface area contributed by atoms with Gasteiger partial charge in [-0.2, -0.15) is 0 Å². The highest BCUT2D eigenvalue weighted by molar-refractivity contribution is 5.95. The van der Waals surface area contributed by atoms with Crippen molar-refractivity contribution in [1.29, 1.82) is 0 Å². The largest absolute Gasteiger partial charge is 0.478 e. The van der Waals surface area contributed by atoms with Crippen LogP contribution in [-0.4, -0.2) is 36.6 Å². The van der Waals surface area contributed by atoms with Crippen LogP contribution in [0.15, 0.2) is 42.7 Å². The van der Waals surface area contributed by atoms with E-state index in [0.717, 1.165) is 55.5 Å². The molecule has 0 saturated heterocycles. The summed E-state index contributed by atoms with van der Waals surface area (Å²) in [6.45, 7) is 2.61. The van der Waals surface area contributed by atoms with Crippen LogP contribution >= 0.6 is 0 Å². The smallest absolute Gasteiger partial charge is 0.337 e. The van der Waals surface area contributed by atoms with Crippen LogP contribution in [0.2, 0.25) is 0 Å². The lowest BCUT2D eigenvalue weighted by Gasteiger charge is -2.18. The monoisotopic (exact) mass is 432 g/mol. The minimum Gasteiger partial charge on any atom is -0.478 e. The Labute approximate surface area is 187 Å². The van der Waals surface area contributed by atoms with E-state index in [-0.39, 0.29) is 17.3 Å². The zero-order valence-corrected chi connectivity index (χ0v) is 18.3. The molecule has 0 bridgehead atoms. The molecule has 2 aromatic heterocycles. The number of carbonyl (C=O) groups excluding carboxylic acids is 1. The first kappa shape index (κ1) is 21.9. The lowest BCUT2D eigenvalue weighted by molar-refractivity contribution is 0.0697. The molecule has 7 heteroatoms. The Bertz CT molecular complexity index is 1100. The molecule has 0 atom stereocenters. The Balaban J connectivity index is 1.55. The van der Waals surface area contributed by atoms with Crippen LogP contribution in [0.4, 0.5) is 0 Å². The molecule has 0 radical (unpaired) electrons. The van der Waals surface area contributed by atoms with E-state index < -0.39 is 5.97 Å². The molecule has 1 aliphatic carbocycles. The van der Waals surface area contributed by atoms with Gasteiger partial charge in [0.1, 0.15) is 5.82 Å². The fourth-order valence-corrected chi connectivity index (χ4v) is 4.34. The van der Waals surface area contributed by atoms with Crippen molar-refractivity contribution in [2.75, 3.05) is 0 Å². The molecule has 4 rings (SSSR count). The molecule has 1 saturated carbocycles. The van der Waals surface area contributed by atoms with Crippen LogP contribution in [0.3, 0.4) is 0 Å². The molecule has 1 aromatic carbocycles. The highest BCUT2D eigenvalue weighted by Crippen LogP contribution is 2.27. The predicted molar refractivity (Wildman–Crippen MR) is 121 cm³/mol. The van der Waals surface area contributed by atoms with E-state index >= 15 is 0 Å². The number of hydrogen-bond donors (Lipinski definition) is 1. The Morgan fingerprint density at radius 3 is 2.53 bits per heavy atom. The second-order valence-electron chi connectivity index (χ2n) is 8.38. The molecule has 0 aliphatic heterocycles. The van der Waals surface area contributed by atoms with Gasteiger partial charge in [0, 0.05) is 24.7 Å². The van der Waals surface area contributed by atoms with Gasteiger partial charge in [0.25, 0.3) is 0 Å². The van der Waals surface area contributed by atoms with E-state index in [9.17, 15) is 14.7 Å². The first-order valence-electron chi connectivity index (χ1n) is 11.3. The predicted octanol–water partition coefficient (Wildman–Crippen LogP) is 4.80. The van der Waals surface area contributed by atoms with Crippen molar-refractivity contribution in [1.82, 2.24) is 19.7 Å². The van der Waals surface area contributed by atoms with Crippen molar-refractivity contribution in [3.63, 3.8) is 0 Å². The summed E-state index contributed by atoms with van der Waals surface area (Å²) < 4.78 is 1.84. The van der Waals surface area contributed by atoms with Gasteiger partial charge in [-0.25, -0.2) is 14.5 Å². The van der Waals surface area contributed by atoms with E-state index in [1.54, 1.807) is 12.3 Å². The maximum atomic E-state index is 12.9. The highest BCUT2D eigenvalue weighted by Gasteiger charge is 2.26. The van der Waals surface area contributed by atoms with E-state index in [1.165, 1.54) is 12.6 Å². The number of pyridine rings is 1. The van der Waals surface area contributed by atoms with Gasteiger partial charge in [0.05, 0.1) is 12.1 Å². The molecular weight excluding hydrogens is 404 g/mol. The van der Waals surface area contributed by atoms with E-state index in [4.69, 9.17) is 0 Å². The van der Waals surface area contributed by atoms with Gasteiger partial charge in [0.15, 0.2) is 0 Å². The first-order chi connectivity index (χ1) is 15.6. The Morgan fingerprint density at radius 2 is 1.84 bits per heavy atom. The van der Waals surface area contributed by atoms with E-state index in [2.05, 4.69) is 22.0 Å². The summed E-state index contributed by atoms with van der Waals surface area (Å²) >= 11 is 0. The van der Waals surface area contributed by atoms with Gasteiger partial charge in [-0.1, -0.05) is 50.5 Å². The van der Waals surface area contributed by atoms with Crippen LogP contribution in [0, 0.1) is 5.92 Å². The summed E-state index contributed by atoms with van der Waals surface area (Å²) in [6, 6.07) is 9.44. The average molecular weight is 433 g/mol. The minimum atomic E-state index is -1.00. The first-order valence-corrected chi connectivity index (χ1v) is 11.3. The zero-order valence-electron chi connectivity index (χ0n) is 18.3. The molecule has 3 aromatic rings. The molecule has 1 fully saturated rings. The summed E-state index contributed by atoms with van der Waals surface area (Å²) in [4.78, 5) is 32.9. The number of aryl methyl sites for hydroxylation is 1. The molecule has 0 amide bonds. The number of nitrogens with zero attached hydrogens (tertiary/aromatic N) is 4. The molecule has 7 nitrogen and oxygen atoms in total. The lowest BCUT2D eigenvalue weighted by atomic mass is 9.86. The molecule has 2 heterocycles. The second kappa shape index (κ2) is 9.85. The summed E-state index contributed by atoms with van der Waals surface area (Å²) in [5.41, 5.74) is 2.63. The fraction of sp³-hybridized carbons (Fsp3) is 0.400. The molecule has 32 heavy (non-hydrogen) atoms. The molecule has 1 N–H and O–H groups in total. The molecule has 166 valence electrons. The van der Waals surface area contributed by atoms with Crippen LogP contribution in [0.25, 0.3) is 11.1 Å². The van der Waals surface area contributed by atoms with Crippen molar-refractivity contribution in [2.24, 2.45) is 5.92 Å². The summed E-state index contributed by atoms with van der Waals surface area (Å²) in [5.74, 6) is 0.309. The third-order valence-electron chi connectivity index (χ3n) is 6.07. The maximum Gasteiger partial charge on any atom is 0.337 e. The van der Waals surface area contributed by atoms with Gasteiger partial charge in [0.2, 0.25) is 11.6 Å². The summed E-state index contributed by atoms with van der Waals surface area (Å²) in [7, 11) is 0. The number of carbonyl (C=O) groups is 2. The number of Topliss-reactive ketones (excluding diaryl/α,β-unsaturated/α-hetero) is 1. The van der Waals surface area contributed by atoms with Gasteiger partial charge < -0.3 is 5.11 Å². The standard InChI is InChI=1S/C25H28N4O3/c1-2-6-22-27-24(23(30)19-7-4-3-5-8-19)28-29(22)16-17-9-11-18(12-10-17)20-13-14-26-15-21(20)25(31)32/h9-15,19H,2-8,16H2,1H3,(H,31,32). The maximum absolute atomic E-state index is 12.9. The van der Waals surface area contributed by atoms with Crippen molar-refractivity contribution >= 4 is 11.8 Å². The third-order valence-corrected chi connectivity index (χ3v) is 6.07. The van der Waals surface area contributed by atoms with Crippen LogP contribution in [0.5, 0.6) is 0 Å². The number of ketones is 1. The van der Waals surface area contributed by atoms with Gasteiger partial charge in [-0.05, 0) is 42.0 Å². The van der Waals surface area contributed by atoms with Crippen LogP contribution < -0.4 is 0 Å². The minimum absolute atomic E-state index is 0.0529. The van der Waals surface area contributed by atoms with E-state index in [1.807, 2.05) is 28.9 Å². The fourth-order valence-electron chi connectivity index (χ4n) is 4.34. The lowest BCUT2D eigenvalue weighted by Crippen LogP contribution is -2.19. The summed E-state index contributed by atoms with van der Waals surface area (Å²) in [6.07, 6.45) is 9.93. The number of rotatable bonds is 8. The third kappa shape index (κ3) is 4.77. The van der Waals surface area contributed by atoms with Crippen molar-refractivity contribution in [3.8, 4) is 11.1 Å². The number of carboxylic acids is 1. The van der Waals surface area contributed by atoms with Crippen molar-refractivity contribution < 1.29 is 14.7 Å². The SMILES string of the molecule is CCCc1nc(C(=O)C2CCCCC2)nn1Cc1ccc(-c2ccncc2C(=O)O)cc1. The van der Waals surface area contributed by atoms with Crippen LogP contribution in [-0.2, 0) is 13.0 Å². The van der Waals surface area contributed by atoms with Crippen molar-refractivity contribution in [2.45, 2.75) is 58.4 Å². The Morgan fingerprint density at radius 1 is 1.09 bits per heavy atom. The quantitative estimate of drug-likeness (QED) is 0.513. The van der Waals surface area contributed by atoms with E-state index in [0.29, 0.717) is 17.9 Å². The zero-order chi connectivity index (χ0) is 22.5. The topological polar surface area (TPSA) is 98.0 Å².